The summed E-state index contributed by atoms with van der Waals surface area (Å²) in [6.07, 6.45) is 0. The Labute approximate surface area is 81.7 Å². The van der Waals surface area contributed by atoms with Crippen LogP contribution in [0.4, 0.5) is 10.1 Å². The molecule has 1 aromatic carbocycles. The molecule has 1 rings (SSSR count). The fourth-order valence-corrected chi connectivity index (χ4v) is 1.19. The first-order chi connectivity index (χ1) is 6.54. The van der Waals surface area contributed by atoms with E-state index in [-0.39, 0.29) is 5.69 Å². The van der Waals surface area contributed by atoms with Gasteiger partial charge < -0.3 is 0 Å². The maximum absolute atomic E-state index is 12.3. The molecule has 1 aromatic rings. The van der Waals surface area contributed by atoms with E-state index in [1.165, 1.54) is 12.1 Å². The summed E-state index contributed by atoms with van der Waals surface area (Å²) in [5.41, 5.74) is 1.37. The van der Waals surface area contributed by atoms with Crippen LogP contribution in [0.5, 0.6) is 0 Å². The molecule has 0 aromatic heterocycles. The van der Waals surface area contributed by atoms with Gasteiger partial charge in [0, 0.05) is 18.1 Å². The van der Waals surface area contributed by atoms with E-state index in [9.17, 15) is 14.5 Å². The van der Waals surface area contributed by atoms with Gasteiger partial charge in [-0.2, -0.15) is 0 Å². The lowest BCUT2D eigenvalue weighted by Crippen LogP contribution is -1.99. The number of benzene rings is 1. The quantitative estimate of drug-likeness (QED) is 0.551. The van der Waals surface area contributed by atoms with Gasteiger partial charge in [-0.05, 0) is 18.1 Å². The van der Waals surface area contributed by atoms with Crippen LogP contribution < -0.4 is 0 Å². The summed E-state index contributed by atoms with van der Waals surface area (Å²) in [5, 5.41) is 10.5. The fraction of sp³-hybridized carbons (Fsp3) is 0.300. The second-order valence-corrected chi connectivity index (χ2v) is 3.23. The predicted molar refractivity (Wildman–Crippen MR) is 51.8 cm³/mol. The first-order valence-electron chi connectivity index (χ1n) is 4.19. The molecule has 4 heteroatoms. The summed E-state index contributed by atoms with van der Waals surface area (Å²) >= 11 is 0. The zero-order chi connectivity index (χ0) is 10.7. The first kappa shape index (κ1) is 10.6. The third-order valence-electron chi connectivity index (χ3n) is 1.97. The van der Waals surface area contributed by atoms with Crippen molar-refractivity contribution in [3.8, 4) is 0 Å². The largest absolute Gasteiger partial charge is 0.269 e. The highest BCUT2D eigenvalue weighted by Crippen LogP contribution is 2.22. The molecule has 0 spiro atoms. The second kappa shape index (κ2) is 4.17. The summed E-state index contributed by atoms with van der Waals surface area (Å²) in [5.74, 6) is 0.511. The summed E-state index contributed by atoms with van der Waals surface area (Å²) in [6, 6.07) is 4.60. The van der Waals surface area contributed by atoms with Crippen molar-refractivity contribution in [3.05, 3.63) is 45.4 Å². The molecule has 0 atom stereocenters. The Hall–Kier alpha value is -1.45. The molecule has 0 N–H and O–H groups in total. The molecule has 3 nitrogen and oxygen atoms in total. The minimum absolute atomic E-state index is 0.00722. The standard InChI is InChI=1S/C10H11FNO2/c1-7-3-9(8(2)6-11)5-10(4-7)12(13)14/h3-5H,6H2,1-2H3. The van der Waals surface area contributed by atoms with Gasteiger partial charge in [-0.1, -0.05) is 13.0 Å². The van der Waals surface area contributed by atoms with Crippen LogP contribution in [-0.4, -0.2) is 11.6 Å². The van der Waals surface area contributed by atoms with Crippen LogP contribution in [0.2, 0.25) is 0 Å². The summed E-state index contributed by atoms with van der Waals surface area (Å²) in [7, 11) is 0. The zero-order valence-electron chi connectivity index (χ0n) is 8.08. The second-order valence-electron chi connectivity index (χ2n) is 3.23. The van der Waals surface area contributed by atoms with Crippen LogP contribution in [0, 0.1) is 23.0 Å². The number of non-ortho nitro benzene ring substituents is 1. The lowest BCUT2D eigenvalue weighted by atomic mass is 10.00. The van der Waals surface area contributed by atoms with Gasteiger partial charge in [-0.25, -0.2) is 0 Å². The predicted octanol–water partition coefficient (Wildman–Crippen LogP) is 2.82. The van der Waals surface area contributed by atoms with E-state index >= 15 is 0 Å². The third-order valence-corrected chi connectivity index (χ3v) is 1.97. The summed E-state index contributed by atoms with van der Waals surface area (Å²) < 4.78 is 12.3. The van der Waals surface area contributed by atoms with Crippen LogP contribution in [-0.2, 0) is 0 Å². The maximum Gasteiger partial charge on any atom is 0.269 e. The molecule has 0 unspecified atom stereocenters. The highest BCUT2D eigenvalue weighted by Gasteiger charge is 2.12. The van der Waals surface area contributed by atoms with E-state index in [0.717, 1.165) is 5.56 Å². The molecule has 1 radical (unpaired) electrons. The topological polar surface area (TPSA) is 43.1 Å². The van der Waals surface area contributed by atoms with Crippen molar-refractivity contribution in [1.29, 1.82) is 0 Å². The number of halogens is 1. The Morgan fingerprint density at radius 1 is 1.50 bits per heavy atom. The van der Waals surface area contributed by atoms with Crippen LogP contribution in [0.1, 0.15) is 18.1 Å². The highest BCUT2D eigenvalue weighted by molar-refractivity contribution is 5.44. The molecule has 0 aliphatic carbocycles. The van der Waals surface area contributed by atoms with E-state index in [0.29, 0.717) is 11.5 Å². The Balaban J connectivity index is 3.13. The Kier molecular flexibility index (Phi) is 3.17. The number of nitrogens with zero attached hydrogens (tertiary/aromatic N) is 1. The minimum Gasteiger partial charge on any atom is -0.258 e. The van der Waals surface area contributed by atoms with Crippen molar-refractivity contribution in [2.24, 2.45) is 0 Å². The van der Waals surface area contributed by atoms with Gasteiger partial charge in [-0.3, -0.25) is 14.5 Å². The SMILES string of the molecule is C[C](CF)c1cc(C)cc([N+](=O)[O-])c1. The van der Waals surface area contributed by atoms with Crippen molar-refractivity contribution in [2.75, 3.05) is 6.67 Å². The van der Waals surface area contributed by atoms with Gasteiger partial charge >= 0.3 is 0 Å². The number of aryl methyl sites for hydroxylation is 1. The van der Waals surface area contributed by atoms with E-state index in [1.807, 2.05) is 0 Å². The maximum atomic E-state index is 12.3. The molecule has 14 heavy (non-hydrogen) atoms. The van der Waals surface area contributed by atoms with Crippen LogP contribution in [0.3, 0.4) is 0 Å². The van der Waals surface area contributed by atoms with Crippen molar-refractivity contribution >= 4 is 5.69 Å². The van der Waals surface area contributed by atoms with Crippen molar-refractivity contribution in [1.82, 2.24) is 0 Å². The number of nitro groups is 1. The van der Waals surface area contributed by atoms with Gasteiger partial charge in [0.1, 0.15) is 0 Å². The molecule has 75 valence electrons. The van der Waals surface area contributed by atoms with Crippen molar-refractivity contribution < 1.29 is 9.31 Å². The van der Waals surface area contributed by atoms with Crippen LogP contribution in [0.25, 0.3) is 0 Å². The van der Waals surface area contributed by atoms with E-state index in [4.69, 9.17) is 0 Å². The number of hydrogen-bond donors (Lipinski definition) is 0. The van der Waals surface area contributed by atoms with Crippen molar-refractivity contribution in [3.63, 3.8) is 0 Å². The van der Waals surface area contributed by atoms with Crippen LogP contribution in [0.15, 0.2) is 18.2 Å². The van der Waals surface area contributed by atoms with E-state index in [1.54, 1.807) is 19.9 Å². The Morgan fingerprint density at radius 3 is 2.64 bits per heavy atom. The third kappa shape index (κ3) is 2.28. The van der Waals surface area contributed by atoms with Gasteiger partial charge in [0.25, 0.3) is 5.69 Å². The summed E-state index contributed by atoms with van der Waals surface area (Å²) in [4.78, 5) is 10.0. The van der Waals surface area contributed by atoms with Gasteiger partial charge in [0.05, 0.1) is 11.6 Å². The molecule has 0 aliphatic rings. The van der Waals surface area contributed by atoms with Gasteiger partial charge in [0.2, 0.25) is 0 Å². The number of alkyl halides is 1. The molecule has 0 aliphatic heterocycles. The van der Waals surface area contributed by atoms with Crippen molar-refractivity contribution in [2.45, 2.75) is 13.8 Å². The number of nitro benzene ring substituents is 1. The molecule has 0 heterocycles. The average Bonchev–Trinajstić information content (AvgIpc) is 2.15. The lowest BCUT2D eigenvalue weighted by molar-refractivity contribution is -0.384. The smallest absolute Gasteiger partial charge is 0.258 e. The molecular weight excluding hydrogens is 185 g/mol. The summed E-state index contributed by atoms with van der Waals surface area (Å²) in [6.45, 7) is 2.79. The first-order valence-corrected chi connectivity index (χ1v) is 4.19. The minimum atomic E-state index is -0.583. The lowest BCUT2D eigenvalue weighted by Gasteiger charge is -2.06. The molecule has 0 amide bonds. The molecule has 0 saturated heterocycles. The fourth-order valence-electron chi connectivity index (χ4n) is 1.19. The monoisotopic (exact) mass is 196 g/mol. The molecule has 0 bridgehead atoms. The number of hydrogen-bond acceptors (Lipinski definition) is 2. The zero-order valence-corrected chi connectivity index (χ0v) is 8.08. The van der Waals surface area contributed by atoms with E-state index in [2.05, 4.69) is 0 Å². The normalized spacial score (nSPS) is 10.6. The Morgan fingerprint density at radius 2 is 2.14 bits per heavy atom. The molecule has 0 saturated carbocycles. The Bertz CT molecular complexity index is 352. The van der Waals surface area contributed by atoms with Gasteiger partial charge in [-0.15, -0.1) is 0 Å². The highest BCUT2D eigenvalue weighted by atomic mass is 19.1. The van der Waals surface area contributed by atoms with E-state index < -0.39 is 11.6 Å². The van der Waals surface area contributed by atoms with Gasteiger partial charge in [0.15, 0.2) is 0 Å². The average molecular weight is 196 g/mol. The van der Waals surface area contributed by atoms with Crippen LogP contribution >= 0.6 is 0 Å². The molecular formula is C10H11FNO2. The molecule has 0 fully saturated rings. The number of rotatable bonds is 3.